The Hall–Kier alpha value is -2.44. The second kappa shape index (κ2) is 8.97. The zero-order valence-electron chi connectivity index (χ0n) is 15.4. The van der Waals surface area contributed by atoms with Crippen molar-refractivity contribution in [3.8, 4) is 0 Å². The number of carbonyl (C=O) groups excluding carboxylic acids is 2. The zero-order valence-corrected chi connectivity index (χ0v) is 16.2. The molecular weight excluding hydrogens is 358 g/mol. The average Bonchev–Trinajstić information content (AvgIpc) is 3.34. The number of benzene rings is 1. The van der Waals surface area contributed by atoms with Crippen LogP contribution in [0.3, 0.4) is 0 Å². The maximum Gasteiger partial charge on any atom is 0.250 e. The Bertz CT molecular complexity index is 817. The predicted octanol–water partition coefficient (Wildman–Crippen LogP) is 2.66. The van der Waals surface area contributed by atoms with Crippen molar-refractivity contribution in [2.24, 2.45) is 5.73 Å². The van der Waals surface area contributed by atoms with Crippen molar-refractivity contribution in [1.29, 1.82) is 0 Å². The molecule has 0 spiro atoms. The Balaban J connectivity index is 1.56. The van der Waals surface area contributed by atoms with Crippen LogP contribution in [0.5, 0.6) is 0 Å². The molecular formula is C21H25N3O2S. The van der Waals surface area contributed by atoms with Gasteiger partial charge >= 0.3 is 0 Å². The molecule has 3 rings (SSSR count). The topological polar surface area (TPSA) is 75.4 Å². The number of rotatable bonds is 7. The van der Waals surface area contributed by atoms with Crippen LogP contribution in [0.25, 0.3) is 0 Å². The summed E-state index contributed by atoms with van der Waals surface area (Å²) in [5.74, 6) is -0.255. The van der Waals surface area contributed by atoms with Crippen molar-refractivity contribution in [2.75, 3.05) is 11.4 Å². The number of carbonyl (C=O) groups is 2. The number of amides is 2. The fourth-order valence-electron chi connectivity index (χ4n) is 3.17. The Morgan fingerprint density at radius 1 is 1.30 bits per heavy atom. The van der Waals surface area contributed by atoms with E-state index in [1.54, 1.807) is 28.4 Å². The molecule has 2 aromatic rings. The van der Waals surface area contributed by atoms with Gasteiger partial charge in [0.05, 0.1) is 6.04 Å². The summed E-state index contributed by atoms with van der Waals surface area (Å²) in [6.07, 6.45) is 5.41. The van der Waals surface area contributed by atoms with Crippen LogP contribution < -0.4 is 16.0 Å². The Morgan fingerprint density at radius 3 is 2.85 bits per heavy atom. The van der Waals surface area contributed by atoms with Crippen molar-refractivity contribution >= 4 is 28.8 Å². The number of anilines is 1. The van der Waals surface area contributed by atoms with Crippen LogP contribution in [0.15, 0.2) is 53.9 Å². The van der Waals surface area contributed by atoms with Crippen molar-refractivity contribution < 1.29 is 9.59 Å². The number of thiophene rings is 1. The van der Waals surface area contributed by atoms with Crippen LogP contribution in [0.1, 0.15) is 23.8 Å². The predicted molar refractivity (Wildman–Crippen MR) is 110 cm³/mol. The number of fused-ring (bicyclic) bond motifs is 1. The lowest BCUT2D eigenvalue weighted by atomic mass is 10.1. The molecule has 27 heavy (non-hydrogen) atoms. The second-order valence-corrected chi connectivity index (χ2v) is 7.67. The van der Waals surface area contributed by atoms with E-state index in [0.29, 0.717) is 19.4 Å². The summed E-state index contributed by atoms with van der Waals surface area (Å²) in [4.78, 5) is 27.8. The first kappa shape index (κ1) is 19.3. The van der Waals surface area contributed by atoms with Gasteiger partial charge in [0.25, 0.3) is 5.91 Å². The summed E-state index contributed by atoms with van der Waals surface area (Å²) in [7, 11) is 0. The quantitative estimate of drug-likeness (QED) is 0.722. The summed E-state index contributed by atoms with van der Waals surface area (Å²) >= 11 is 1.59. The first-order chi connectivity index (χ1) is 13.1. The monoisotopic (exact) mass is 383 g/mol. The number of nitrogens with two attached hydrogens (primary N) is 1. The van der Waals surface area contributed by atoms with E-state index in [1.807, 2.05) is 42.6 Å². The van der Waals surface area contributed by atoms with E-state index in [2.05, 4.69) is 11.4 Å². The van der Waals surface area contributed by atoms with Crippen LogP contribution >= 0.6 is 11.3 Å². The molecule has 2 heterocycles. The molecule has 0 radical (unpaired) electrons. The smallest absolute Gasteiger partial charge is 0.250 e. The van der Waals surface area contributed by atoms with Crippen LogP contribution in [0.2, 0.25) is 0 Å². The fourth-order valence-corrected chi connectivity index (χ4v) is 3.93. The highest BCUT2D eigenvalue weighted by Gasteiger charge is 2.23. The highest BCUT2D eigenvalue weighted by Crippen LogP contribution is 2.27. The van der Waals surface area contributed by atoms with Gasteiger partial charge in [0, 0.05) is 35.6 Å². The molecule has 1 aliphatic heterocycles. The molecule has 6 heteroatoms. The van der Waals surface area contributed by atoms with Crippen LogP contribution in [-0.4, -0.2) is 30.4 Å². The van der Waals surface area contributed by atoms with E-state index in [4.69, 9.17) is 5.73 Å². The van der Waals surface area contributed by atoms with E-state index in [9.17, 15) is 9.59 Å². The van der Waals surface area contributed by atoms with E-state index in [-0.39, 0.29) is 17.9 Å². The van der Waals surface area contributed by atoms with E-state index in [1.165, 1.54) is 5.56 Å². The maximum absolute atomic E-state index is 12.6. The molecule has 142 valence electrons. The summed E-state index contributed by atoms with van der Waals surface area (Å²) in [6.45, 7) is 2.66. The third kappa shape index (κ3) is 4.84. The zero-order chi connectivity index (χ0) is 19.2. The van der Waals surface area contributed by atoms with Crippen molar-refractivity contribution in [1.82, 2.24) is 5.32 Å². The first-order valence-electron chi connectivity index (χ1n) is 9.24. The SMILES string of the molecule is CC[C@@H](/C=C/C(=O)N1CCc2ccccc21)NC(=O)[C@@H](N)Cc1cccs1. The Kier molecular flexibility index (Phi) is 6.42. The Labute approximate surface area is 163 Å². The van der Waals surface area contributed by atoms with Gasteiger partial charge in [-0.2, -0.15) is 0 Å². The summed E-state index contributed by atoms with van der Waals surface area (Å²) in [5, 5.41) is 4.90. The standard InChI is InChI=1S/C21H25N3O2S/c1-2-16(23-21(26)18(22)14-17-7-5-13-27-17)9-10-20(25)24-12-11-15-6-3-4-8-19(15)24/h3-10,13,16,18H,2,11-12,14,22H2,1H3,(H,23,26)/b10-9+/t16-,18-/m0/s1. The molecule has 0 unspecified atom stereocenters. The van der Waals surface area contributed by atoms with Crippen LogP contribution in [-0.2, 0) is 22.4 Å². The minimum Gasteiger partial charge on any atom is -0.349 e. The van der Waals surface area contributed by atoms with E-state index < -0.39 is 6.04 Å². The van der Waals surface area contributed by atoms with Gasteiger partial charge in [-0.3, -0.25) is 9.59 Å². The molecule has 5 nitrogen and oxygen atoms in total. The molecule has 0 bridgehead atoms. The largest absolute Gasteiger partial charge is 0.349 e. The maximum atomic E-state index is 12.6. The molecule has 0 aliphatic carbocycles. The molecule has 3 N–H and O–H groups in total. The number of nitrogens with one attached hydrogen (secondary N) is 1. The lowest BCUT2D eigenvalue weighted by Gasteiger charge is -2.18. The molecule has 2 atom stereocenters. The van der Waals surface area contributed by atoms with E-state index >= 15 is 0 Å². The van der Waals surface area contributed by atoms with Gasteiger partial charge in [0.1, 0.15) is 0 Å². The van der Waals surface area contributed by atoms with Gasteiger partial charge < -0.3 is 16.0 Å². The molecule has 1 aromatic carbocycles. The van der Waals surface area contributed by atoms with Crippen molar-refractivity contribution in [3.63, 3.8) is 0 Å². The highest BCUT2D eigenvalue weighted by molar-refractivity contribution is 7.09. The van der Waals surface area contributed by atoms with Gasteiger partial charge in [0.2, 0.25) is 5.91 Å². The number of hydrogen-bond acceptors (Lipinski definition) is 4. The third-order valence-electron chi connectivity index (χ3n) is 4.73. The van der Waals surface area contributed by atoms with E-state index in [0.717, 1.165) is 17.0 Å². The first-order valence-corrected chi connectivity index (χ1v) is 10.1. The van der Waals surface area contributed by atoms with Gasteiger partial charge in [0.15, 0.2) is 0 Å². The molecule has 0 saturated heterocycles. The molecule has 1 aliphatic rings. The Morgan fingerprint density at radius 2 is 2.11 bits per heavy atom. The molecule has 0 fully saturated rings. The normalized spacial score (nSPS) is 15.6. The lowest BCUT2D eigenvalue weighted by molar-refractivity contribution is -0.122. The minimum atomic E-state index is -0.590. The van der Waals surface area contributed by atoms with Gasteiger partial charge in [-0.1, -0.05) is 37.3 Å². The molecule has 0 saturated carbocycles. The summed E-state index contributed by atoms with van der Waals surface area (Å²) < 4.78 is 0. The highest BCUT2D eigenvalue weighted by atomic mass is 32.1. The van der Waals surface area contributed by atoms with Gasteiger partial charge in [-0.25, -0.2) is 0 Å². The van der Waals surface area contributed by atoms with Gasteiger partial charge in [-0.15, -0.1) is 11.3 Å². The van der Waals surface area contributed by atoms with Crippen LogP contribution in [0, 0.1) is 0 Å². The fraction of sp³-hybridized carbons (Fsp3) is 0.333. The van der Waals surface area contributed by atoms with Crippen molar-refractivity contribution in [2.45, 2.75) is 38.3 Å². The van der Waals surface area contributed by atoms with Crippen molar-refractivity contribution in [3.05, 3.63) is 64.4 Å². The minimum absolute atomic E-state index is 0.0597. The third-order valence-corrected chi connectivity index (χ3v) is 5.63. The number of para-hydroxylation sites is 1. The summed E-state index contributed by atoms with van der Waals surface area (Å²) in [6, 6.07) is 11.1. The van der Waals surface area contributed by atoms with Gasteiger partial charge in [-0.05, 0) is 35.9 Å². The molecule has 2 amide bonds. The van der Waals surface area contributed by atoms with Crippen LogP contribution in [0.4, 0.5) is 5.69 Å². The number of nitrogens with zero attached hydrogens (tertiary/aromatic N) is 1. The lowest BCUT2D eigenvalue weighted by Crippen LogP contribution is -2.45. The molecule has 1 aromatic heterocycles. The average molecular weight is 384 g/mol. The number of hydrogen-bond donors (Lipinski definition) is 2. The second-order valence-electron chi connectivity index (χ2n) is 6.64. The summed E-state index contributed by atoms with van der Waals surface area (Å²) in [5.41, 5.74) is 8.18.